The highest BCUT2D eigenvalue weighted by Gasteiger charge is 2.36. The molecule has 2 rings (SSSR count). The molecule has 7 nitrogen and oxygen atoms in total. The van der Waals surface area contributed by atoms with Gasteiger partial charge in [-0.15, -0.1) is 0 Å². The lowest BCUT2D eigenvalue weighted by Gasteiger charge is -2.27. The van der Waals surface area contributed by atoms with Crippen LogP contribution in [0.1, 0.15) is 19.4 Å². The van der Waals surface area contributed by atoms with Crippen LogP contribution >= 0.6 is 0 Å². The van der Waals surface area contributed by atoms with E-state index in [1.165, 1.54) is 6.92 Å². The first-order valence-corrected chi connectivity index (χ1v) is 10.1. The highest BCUT2D eigenvalue weighted by molar-refractivity contribution is 7.88. The van der Waals surface area contributed by atoms with E-state index in [4.69, 9.17) is 15.2 Å². The molecule has 146 valence electrons. The molecule has 0 bridgehead atoms. The largest absolute Gasteiger partial charge is 0.494 e. The maximum atomic E-state index is 12.5. The number of carbonyl (C=O) groups is 1. The van der Waals surface area contributed by atoms with E-state index in [1.807, 2.05) is 6.92 Å². The molecule has 0 aliphatic carbocycles. The molecule has 2 aromatic carbocycles. The van der Waals surface area contributed by atoms with Gasteiger partial charge in [-0.1, -0.05) is 30.3 Å². The molecule has 0 spiro atoms. The lowest BCUT2D eigenvalue weighted by molar-refractivity contribution is -0.124. The first-order chi connectivity index (χ1) is 12.7. The van der Waals surface area contributed by atoms with E-state index in [0.29, 0.717) is 23.7 Å². The lowest BCUT2D eigenvalue weighted by atomic mass is 10.1. The maximum absolute atomic E-state index is 12.5. The van der Waals surface area contributed by atoms with Crippen LogP contribution < -0.4 is 19.9 Å². The van der Waals surface area contributed by atoms with E-state index < -0.39 is 21.5 Å². The van der Waals surface area contributed by atoms with Gasteiger partial charge in [-0.05, 0) is 43.7 Å². The van der Waals surface area contributed by atoms with Crippen molar-refractivity contribution in [3.63, 3.8) is 0 Å². The quantitative estimate of drug-likeness (QED) is 0.641. The highest BCUT2D eigenvalue weighted by atomic mass is 32.2. The highest BCUT2D eigenvalue weighted by Crippen LogP contribution is 2.19. The van der Waals surface area contributed by atoms with Crippen LogP contribution in [0.4, 0.5) is 0 Å². The van der Waals surface area contributed by atoms with Crippen LogP contribution in [0.15, 0.2) is 54.6 Å². The van der Waals surface area contributed by atoms with Crippen molar-refractivity contribution in [3.05, 3.63) is 60.2 Å². The van der Waals surface area contributed by atoms with Crippen molar-refractivity contribution in [1.29, 1.82) is 0 Å². The number of nitrogens with one attached hydrogen (secondary N) is 1. The lowest BCUT2D eigenvalue weighted by Crippen LogP contribution is -2.59. The summed E-state index contributed by atoms with van der Waals surface area (Å²) in [6, 6.07) is 15.5. The topological polar surface area (TPSA) is 108 Å². The predicted molar refractivity (Wildman–Crippen MR) is 103 cm³/mol. The monoisotopic (exact) mass is 392 g/mol. The van der Waals surface area contributed by atoms with Gasteiger partial charge in [0.15, 0.2) is 0 Å². The van der Waals surface area contributed by atoms with E-state index >= 15 is 0 Å². The molecule has 1 unspecified atom stereocenters. The molecule has 0 radical (unpaired) electrons. The summed E-state index contributed by atoms with van der Waals surface area (Å²) in [6.45, 7) is 3.57. The average molecular weight is 392 g/mol. The van der Waals surface area contributed by atoms with Crippen LogP contribution in [-0.2, 0) is 20.6 Å². The van der Waals surface area contributed by atoms with Gasteiger partial charge in [0, 0.05) is 0 Å². The van der Waals surface area contributed by atoms with E-state index in [2.05, 4.69) is 4.72 Å². The van der Waals surface area contributed by atoms with E-state index in [0.717, 1.165) is 0 Å². The van der Waals surface area contributed by atoms with Gasteiger partial charge >= 0.3 is 0 Å². The predicted octanol–water partition coefficient (Wildman–Crippen LogP) is 1.83. The van der Waals surface area contributed by atoms with Crippen molar-refractivity contribution in [1.82, 2.24) is 4.72 Å². The van der Waals surface area contributed by atoms with Crippen molar-refractivity contribution in [2.24, 2.45) is 5.73 Å². The minimum Gasteiger partial charge on any atom is -0.494 e. The van der Waals surface area contributed by atoms with Gasteiger partial charge in [0.1, 0.15) is 23.6 Å². The van der Waals surface area contributed by atoms with Gasteiger partial charge < -0.3 is 15.2 Å². The minimum absolute atomic E-state index is 0.246. The molecule has 0 saturated heterocycles. The van der Waals surface area contributed by atoms with E-state index in [9.17, 15) is 13.2 Å². The fourth-order valence-corrected chi connectivity index (χ4v) is 3.90. The SMILES string of the molecule is CCOc1ccc(OCC(C)(NS(=O)(=O)Cc2ccccc2)C(N)=O)cc1. The number of amides is 1. The van der Waals surface area contributed by atoms with Crippen LogP contribution in [0, 0.1) is 0 Å². The Morgan fingerprint density at radius 1 is 1.04 bits per heavy atom. The number of sulfonamides is 1. The molecule has 1 amide bonds. The van der Waals surface area contributed by atoms with Gasteiger partial charge in [0.2, 0.25) is 15.9 Å². The van der Waals surface area contributed by atoms with Crippen molar-refractivity contribution in [2.75, 3.05) is 13.2 Å². The molecule has 0 saturated carbocycles. The maximum Gasteiger partial charge on any atom is 0.241 e. The average Bonchev–Trinajstić information content (AvgIpc) is 2.61. The zero-order chi connectivity index (χ0) is 19.9. The van der Waals surface area contributed by atoms with Crippen molar-refractivity contribution >= 4 is 15.9 Å². The van der Waals surface area contributed by atoms with Gasteiger partial charge in [0.25, 0.3) is 0 Å². The Kier molecular flexibility index (Phi) is 6.81. The standard InChI is InChI=1S/C19H24N2O5S/c1-3-25-16-9-11-17(12-10-16)26-14-19(2,18(20)22)21-27(23,24)13-15-7-5-4-6-8-15/h4-12,21H,3,13-14H2,1-2H3,(H2,20,22). The summed E-state index contributed by atoms with van der Waals surface area (Å²) >= 11 is 0. The molecule has 0 fully saturated rings. The van der Waals surface area contributed by atoms with Gasteiger partial charge in [-0.25, -0.2) is 8.42 Å². The third-order valence-corrected chi connectivity index (χ3v) is 5.26. The first-order valence-electron chi connectivity index (χ1n) is 8.45. The van der Waals surface area contributed by atoms with Crippen LogP contribution in [-0.4, -0.2) is 33.1 Å². The molecular weight excluding hydrogens is 368 g/mol. The summed E-state index contributed by atoms with van der Waals surface area (Å²) in [5, 5.41) is 0. The number of hydrogen-bond donors (Lipinski definition) is 2. The molecule has 0 aliphatic rings. The number of ether oxygens (including phenoxy) is 2. The van der Waals surface area contributed by atoms with Gasteiger partial charge in [-0.2, -0.15) is 4.72 Å². The summed E-state index contributed by atoms with van der Waals surface area (Å²) < 4.78 is 38.2. The first kappa shape index (κ1) is 20.7. The Morgan fingerprint density at radius 3 is 2.11 bits per heavy atom. The summed E-state index contributed by atoms with van der Waals surface area (Å²) in [5.41, 5.74) is 4.44. The van der Waals surface area contributed by atoms with Crippen LogP contribution in [0.5, 0.6) is 11.5 Å². The number of benzene rings is 2. The molecule has 0 aliphatic heterocycles. The summed E-state index contributed by atoms with van der Waals surface area (Å²) in [5.74, 6) is 0.0593. The zero-order valence-electron chi connectivity index (χ0n) is 15.3. The molecular formula is C19H24N2O5S. The Hall–Kier alpha value is -2.58. The molecule has 0 aromatic heterocycles. The number of carbonyl (C=O) groups excluding carboxylic acids is 1. The summed E-state index contributed by atoms with van der Waals surface area (Å²) in [4.78, 5) is 11.9. The molecule has 1 atom stereocenters. The molecule has 2 aromatic rings. The number of primary amides is 1. The van der Waals surface area contributed by atoms with Crippen molar-refractivity contribution < 1.29 is 22.7 Å². The second-order valence-electron chi connectivity index (χ2n) is 6.24. The van der Waals surface area contributed by atoms with Crippen LogP contribution in [0.3, 0.4) is 0 Å². The smallest absolute Gasteiger partial charge is 0.241 e. The minimum atomic E-state index is -3.81. The third kappa shape index (κ3) is 6.26. The zero-order valence-corrected chi connectivity index (χ0v) is 16.2. The summed E-state index contributed by atoms with van der Waals surface area (Å²) in [6.07, 6.45) is 0. The third-order valence-electron chi connectivity index (χ3n) is 3.79. The molecule has 3 N–H and O–H groups in total. The van der Waals surface area contributed by atoms with E-state index in [1.54, 1.807) is 54.6 Å². The number of hydrogen-bond acceptors (Lipinski definition) is 5. The number of nitrogens with two attached hydrogens (primary N) is 1. The molecule has 27 heavy (non-hydrogen) atoms. The Bertz CT molecular complexity index is 853. The van der Waals surface area contributed by atoms with Crippen LogP contribution in [0.25, 0.3) is 0 Å². The van der Waals surface area contributed by atoms with Crippen molar-refractivity contribution in [2.45, 2.75) is 25.1 Å². The van der Waals surface area contributed by atoms with Crippen LogP contribution in [0.2, 0.25) is 0 Å². The van der Waals surface area contributed by atoms with Gasteiger partial charge in [0.05, 0.1) is 12.4 Å². The summed E-state index contributed by atoms with van der Waals surface area (Å²) in [7, 11) is -3.81. The Labute approximate surface area is 159 Å². The molecule has 8 heteroatoms. The number of rotatable bonds is 10. The second kappa shape index (κ2) is 8.88. The fraction of sp³-hybridized carbons (Fsp3) is 0.316. The Morgan fingerprint density at radius 2 is 1.59 bits per heavy atom. The fourth-order valence-electron chi connectivity index (χ4n) is 2.35. The second-order valence-corrected chi connectivity index (χ2v) is 7.96. The Balaban J connectivity index is 2.06. The van der Waals surface area contributed by atoms with E-state index in [-0.39, 0.29) is 12.4 Å². The molecule has 0 heterocycles. The normalized spacial score (nSPS) is 13.6. The van der Waals surface area contributed by atoms with Crippen molar-refractivity contribution in [3.8, 4) is 11.5 Å². The van der Waals surface area contributed by atoms with Gasteiger partial charge in [-0.3, -0.25) is 4.79 Å².